The van der Waals surface area contributed by atoms with E-state index in [9.17, 15) is 0 Å². The van der Waals surface area contributed by atoms with Crippen molar-refractivity contribution in [2.75, 3.05) is 18.0 Å². The summed E-state index contributed by atoms with van der Waals surface area (Å²) in [5.74, 6) is 0.655. The molecule has 100 valence electrons. The van der Waals surface area contributed by atoms with E-state index in [1.165, 1.54) is 11.3 Å². The Bertz CT molecular complexity index is 606. The van der Waals surface area contributed by atoms with Crippen LogP contribution in [0.3, 0.4) is 0 Å². The minimum absolute atomic E-state index is 0.599. The van der Waals surface area contributed by atoms with Crippen molar-refractivity contribution in [3.63, 3.8) is 0 Å². The summed E-state index contributed by atoms with van der Waals surface area (Å²) < 4.78 is 0.599. The molecule has 0 saturated heterocycles. The molecule has 0 fully saturated rings. The van der Waals surface area contributed by atoms with Crippen molar-refractivity contribution in [2.24, 2.45) is 0 Å². The largest absolute Gasteiger partial charge is 0.349 e. The molecule has 0 saturated carbocycles. The van der Waals surface area contributed by atoms with Crippen molar-refractivity contribution in [2.45, 2.75) is 13.8 Å². The summed E-state index contributed by atoms with van der Waals surface area (Å²) >= 11 is 12.6. The van der Waals surface area contributed by atoms with E-state index in [1.54, 1.807) is 0 Å². The molecule has 1 aromatic carbocycles. The molecule has 1 heterocycles. The van der Waals surface area contributed by atoms with Crippen LogP contribution in [0.15, 0.2) is 24.3 Å². The molecular formula is C13H14ClN3S2. The van der Waals surface area contributed by atoms with Gasteiger partial charge in [0.05, 0.1) is 0 Å². The molecular weight excluding hydrogens is 298 g/mol. The summed E-state index contributed by atoms with van der Waals surface area (Å²) in [5, 5.41) is 1.61. The molecule has 0 bridgehead atoms. The van der Waals surface area contributed by atoms with Gasteiger partial charge in [-0.25, -0.2) is 9.97 Å². The van der Waals surface area contributed by atoms with Gasteiger partial charge in [-0.05, 0) is 50.3 Å². The Balaban J connectivity index is 2.47. The van der Waals surface area contributed by atoms with Crippen LogP contribution in [-0.4, -0.2) is 23.1 Å². The third kappa shape index (κ3) is 3.49. The normalized spacial score (nSPS) is 10.5. The van der Waals surface area contributed by atoms with Gasteiger partial charge in [0, 0.05) is 23.7 Å². The first-order valence-electron chi connectivity index (χ1n) is 6.04. The quantitative estimate of drug-likeness (QED) is 0.781. The Kier molecular flexibility index (Phi) is 4.85. The fourth-order valence-electron chi connectivity index (χ4n) is 1.68. The summed E-state index contributed by atoms with van der Waals surface area (Å²) in [7, 11) is 0. The van der Waals surface area contributed by atoms with Crippen molar-refractivity contribution in [1.29, 1.82) is 0 Å². The fraction of sp³-hybridized carbons (Fsp3) is 0.308. The molecule has 0 radical (unpaired) electrons. The number of halogens is 1. The summed E-state index contributed by atoms with van der Waals surface area (Å²) in [4.78, 5) is 11.1. The van der Waals surface area contributed by atoms with E-state index in [4.69, 9.17) is 23.8 Å². The number of nitrogens with zero attached hydrogens (tertiary/aromatic N) is 3. The molecule has 0 amide bonds. The molecule has 0 spiro atoms. The summed E-state index contributed by atoms with van der Waals surface area (Å²) in [5.41, 5.74) is 0.928. The molecule has 0 aliphatic heterocycles. The maximum atomic E-state index is 5.89. The zero-order valence-electron chi connectivity index (χ0n) is 10.8. The zero-order valence-corrected chi connectivity index (χ0v) is 13.1. The molecule has 0 unspecified atom stereocenters. The third-order valence-corrected chi connectivity index (χ3v) is 4.10. The predicted octanol–water partition coefficient (Wildman–Crippen LogP) is 4.43. The van der Waals surface area contributed by atoms with Crippen molar-refractivity contribution in [3.05, 3.63) is 33.2 Å². The van der Waals surface area contributed by atoms with Crippen LogP contribution in [0.2, 0.25) is 5.02 Å². The molecule has 6 heteroatoms. The number of hydrogen-bond donors (Lipinski definition) is 0. The average molecular weight is 312 g/mol. The van der Waals surface area contributed by atoms with Gasteiger partial charge in [0.15, 0.2) is 14.9 Å². The summed E-state index contributed by atoms with van der Waals surface area (Å²) in [6.45, 7) is 6.00. The lowest BCUT2D eigenvalue weighted by Crippen LogP contribution is -2.22. The molecule has 0 aliphatic rings. The third-order valence-electron chi connectivity index (χ3n) is 2.71. The lowest BCUT2D eigenvalue weighted by molar-refractivity contribution is 0.856. The monoisotopic (exact) mass is 311 g/mol. The van der Waals surface area contributed by atoms with Crippen LogP contribution < -0.4 is 4.90 Å². The molecule has 0 atom stereocenters. The molecule has 0 aliphatic carbocycles. The van der Waals surface area contributed by atoms with Gasteiger partial charge < -0.3 is 4.90 Å². The van der Waals surface area contributed by atoms with Crippen LogP contribution in [0.1, 0.15) is 13.8 Å². The van der Waals surface area contributed by atoms with Crippen molar-refractivity contribution in [3.8, 4) is 11.4 Å². The smallest absolute Gasteiger partial charge is 0.190 e. The number of benzene rings is 1. The minimum atomic E-state index is 0.599. The highest BCUT2D eigenvalue weighted by molar-refractivity contribution is 7.73. The topological polar surface area (TPSA) is 29.0 Å². The maximum Gasteiger partial charge on any atom is 0.190 e. The first-order valence-corrected chi connectivity index (χ1v) is 7.64. The molecule has 3 nitrogen and oxygen atoms in total. The standard InChI is InChI=1S/C13H14ClN3S2/c1-3-17(4-2)12-15-11(16-13(18)19-12)9-5-7-10(14)8-6-9/h5-8H,3-4H2,1-2H3. The van der Waals surface area contributed by atoms with Crippen LogP contribution in [0, 0.1) is 3.95 Å². The number of rotatable bonds is 4. The molecule has 2 rings (SSSR count). The Morgan fingerprint density at radius 1 is 1.16 bits per heavy atom. The molecule has 0 N–H and O–H groups in total. The molecule has 19 heavy (non-hydrogen) atoms. The van der Waals surface area contributed by atoms with Crippen LogP contribution in [0.4, 0.5) is 5.13 Å². The summed E-state index contributed by atoms with van der Waals surface area (Å²) in [6.07, 6.45) is 0. The Morgan fingerprint density at radius 3 is 2.37 bits per heavy atom. The zero-order chi connectivity index (χ0) is 13.8. The maximum absolute atomic E-state index is 5.89. The Hall–Kier alpha value is -1.04. The summed E-state index contributed by atoms with van der Waals surface area (Å²) in [6, 6.07) is 7.47. The van der Waals surface area contributed by atoms with E-state index in [0.717, 1.165) is 23.8 Å². The highest BCUT2D eigenvalue weighted by atomic mass is 35.5. The van der Waals surface area contributed by atoms with Gasteiger partial charge in [-0.1, -0.05) is 22.9 Å². The van der Waals surface area contributed by atoms with Crippen LogP contribution >= 0.6 is 35.2 Å². The highest BCUT2D eigenvalue weighted by Crippen LogP contribution is 2.24. The van der Waals surface area contributed by atoms with Crippen molar-refractivity contribution < 1.29 is 0 Å². The van der Waals surface area contributed by atoms with Gasteiger partial charge in [-0.15, -0.1) is 0 Å². The Labute approximate surface area is 126 Å². The van der Waals surface area contributed by atoms with E-state index in [-0.39, 0.29) is 0 Å². The van der Waals surface area contributed by atoms with Gasteiger partial charge in [0.25, 0.3) is 0 Å². The first kappa shape index (κ1) is 14.4. The van der Waals surface area contributed by atoms with Crippen LogP contribution in [-0.2, 0) is 0 Å². The van der Waals surface area contributed by atoms with E-state index < -0.39 is 0 Å². The number of anilines is 1. The lowest BCUT2D eigenvalue weighted by Gasteiger charge is -2.18. The van der Waals surface area contributed by atoms with Gasteiger partial charge in [0.2, 0.25) is 0 Å². The van der Waals surface area contributed by atoms with Crippen molar-refractivity contribution >= 4 is 40.3 Å². The van der Waals surface area contributed by atoms with E-state index >= 15 is 0 Å². The Morgan fingerprint density at radius 2 is 1.79 bits per heavy atom. The molecule has 1 aromatic heterocycles. The molecule has 2 aromatic rings. The lowest BCUT2D eigenvalue weighted by atomic mass is 10.2. The van der Waals surface area contributed by atoms with Gasteiger partial charge in [0.1, 0.15) is 0 Å². The van der Waals surface area contributed by atoms with Gasteiger partial charge >= 0.3 is 0 Å². The second kappa shape index (κ2) is 6.41. The average Bonchev–Trinajstić information content (AvgIpc) is 2.40. The van der Waals surface area contributed by atoms with E-state index in [2.05, 4.69) is 28.7 Å². The second-order valence-electron chi connectivity index (χ2n) is 3.88. The number of hydrogen-bond acceptors (Lipinski definition) is 5. The van der Waals surface area contributed by atoms with Gasteiger partial charge in [-0.3, -0.25) is 0 Å². The van der Waals surface area contributed by atoms with Crippen molar-refractivity contribution in [1.82, 2.24) is 9.97 Å². The van der Waals surface area contributed by atoms with Crippen LogP contribution in [0.25, 0.3) is 11.4 Å². The predicted molar refractivity (Wildman–Crippen MR) is 84.8 cm³/mol. The SMILES string of the molecule is CCN(CC)c1nc(-c2ccc(Cl)cc2)nc(=S)s1. The van der Waals surface area contributed by atoms with E-state index in [0.29, 0.717) is 14.8 Å². The van der Waals surface area contributed by atoms with Crippen LogP contribution in [0.5, 0.6) is 0 Å². The highest BCUT2D eigenvalue weighted by Gasteiger charge is 2.09. The number of aromatic nitrogens is 2. The van der Waals surface area contributed by atoms with Gasteiger partial charge in [-0.2, -0.15) is 0 Å². The van der Waals surface area contributed by atoms with E-state index in [1.807, 2.05) is 24.3 Å². The fourth-order valence-corrected chi connectivity index (χ4v) is 2.93. The first-order chi connectivity index (χ1) is 9.13. The minimum Gasteiger partial charge on any atom is -0.349 e. The second-order valence-corrected chi connectivity index (χ2v) is 5.91.